The summed E-state index contributed by atoms with van der Waals surface area (Å²) < 4.78 is 19.1. The number of rotatable bonds is 3. The molecule has 0 aromatic carbocycles. The molecule has 0 saturated carbocycles. The van der Waals surface area contributed by atoms with Crippen molar-refractivity contribution in [2.24, 2.45) is 0 Å². The van der Waals surface area contributed by atoms with Gasteiger partial charge in [0.1, 0.15) is 6.54 Å². The molecule has 0 N–H and O–H groups in total. The van der Waals surface area contributed by atoms with E-state index in [1.165, 1.54) is 0 Å². The summed E-state index contributed by atoms with van der Waals surface area (Å²) in [5, 5.41) is 12.0. The van der Waals surface area contributed by atoms with Gasteiger partial charge in [-0.1, -0.05) is 0 Å². The molecule has 1 aliphatic heterocycles. The van der Waals surface area contributed by atoms with Gasteiger partial charge in [-0.2, -0.15) is 5.10 Å². The van der Waals surface area contributed by atoms with E-state index < -0.39 is 7.12 Å². The third kappa shape index (κ3) is 2.61. The quantitative estimate of drug-likeness (QED) is 0.783. The fraction of sp³-hybridized carbons (Fsp3) is 0.615. The number of nitrogens with zero attached hydrogens (tertiary/aromatic N) is 4. The number of aromatic nitrogens is 4. The lowest BCUT2D eigenvalue weighted by Gasteiger charge is -2.32. The van der Waals surface area contributed by atoms with Crippen molar-refractivity contribution in [3.8, 4) is 0 Å². The Balaban J connectivity index is 1.74. The summed E-state index contributed by atoms with van der Waals surface area (Å²) in [5.74, 6) is 1.07. The molecule has 0 amide bonds. The molecule has 1 fully saturated rings. The highest BCUT2D eigenvalue weighted by Gasteiger charge is 2.52. The van der Waals surface area contributed by atoms with Crippen LogP contribution in [0.2, 0.25) is 0 Å². The maximum absolute atomic E-state index is 5.99. The van der Waals surface area contributed by atoms with Crippen LogP contribution in [0.15, 0.2) is 16.8 Å². The second kappa shape index (κ2) is 4.67. The number of hydrogen-bond acceptors (Lipinski definition) is 6. The molecule has 1 saturated heterocycles. The van der Waals surface area contributed by atoms with Crippen LogP contribution in [-0.4, -0.2) is 38.3 Å². The summed E-state index contributed by atoms with van der Waals surface area (Å²) in [4.78, 5) is 0. The molecule has 3 heterocycles. The van der Waals surface area contributed by atoms with Gasteiger partial charge in [0.2, 0.25) is 11.8 Å². The van der Waals surface area contributed by atoms with Crippen molar-refractivity contribution in [3.63, 3.8) is 0 Å². The van der Waals surface area contributed by atoms with Crippen molar-refractivity contribution in [2.75, 3.05) is 0 Å². The molecule has 3 rings (SSSR count). The van der Waals surface area contributed by atoms with Crippen LogP contribution >= 0.6 is 0 Å². The maximum Gasteiger partial charge on any atom is 0.498 e. The van der Waals surface area contributed by atoms with E-state index >= 15 is 0 Å². The van der Waals surface area contributed by atoms with E-state index in [9.17, 15) is 0 Å². The van der Waals surface area contributed by atoms with Gasteiger partial charge < -0.3 is 13.7 Å². The van der Waals surface area contributed by atoms with Crippen LogP contribution in [0.3, 0.4) is 0 Å². The van der Waals surface area contributed by atoms with Gasteiger partial charge in [0.25, 0.3) is 0 Å². The first-order valence-electron chi connectivity index (χ1n) is 6.94. The van der Waals surface area contributed by atoms with Gasteiger partial charge in [-0.25, -0.2) is 0 Å². The SMILES string of the molecule is Cc1nnc(Cn2cc(B3OC(C)(C)C(C)(C)O3)cn2)o1. The first kappa shape index (κ1) is 14.3. The third-order valence-electron chi connectivity index (χ3n) is 4.04. The van der Waals surface area contributed by atoms with Crippen molar-refractivity contribution < 1.29 is 13.7 Å². The van der Waals surface area contributed by atoms with E-state index in [0.717, 1.165) is 5.46 Å². The minimum Gasteiger partial charge on any atom is -0.424 e. The van der Waals surface area contributed by atoms with Crippen LogP contribution in [0.1, 0.15) is 39.5 Å². The molecule has 112 valence electrons. The van der Waals surface area contributed by atoms with E-state index in [2.05, 4.69) is 15.3 Å². The molecule has 0 atom stereocenters. The predicted octanol–water partition coefficient (Wildman–Crippen LogP) is 0.922. The van der Waals surface area contributed by atoms with Crippen LogP contribution in [0.4, 0.5) is 0 Å². The summed E-state index contributed by atoms with van der Waals surface area (Å²) >= 11 is 0. The molecule has 0 bridgehead atoms. The molecule has 7 nitrogen and oxygen atoms in total. The lowest BCUT2D eigenvalue weighted by atomic mass is 9.82. The van der Waals surface area contributed by atoms with E-state index in [0.29, 0.717) is 18.3 Å². The van der Waals surface area contributed by atoms with E-state index in [4.69, 9.17) is 13.7 Å². The molecule has 0 spiro atoms. The van der Waals surface area contributed by atoms with Gasteiger partial charge >= 0.3 is 7.12 Å². The molecule has 2 aromatic heterocycles. The van der Waals surface area contributed by atoms with Crippen LogP contribution in [0.5, 0.6) is 0 Å². The van der Waals surface area contributed by atoms with E-state index in [1.54, 1.807) is 17.8 Å². The number of aryl methyl sites for hydroxylation is 1. The van der Waals surface area contributed by atoms with E-state index in [1.807, 2.05) is 33.9 Å². The first-order valence-corrected chi connectivity index (χ1v) is 6.94. The molecule has 1 aliphatic rings. The fourth-order valence-corrected chi connectivity index (χ4v) is 2.11. The Bertz CT molecular complexity index is 633. The Labute approximate surface area is 123 Å². The predicted molar refractivity (Wildman–Crippen MR) is 76.1 cm³/mol. The molecule has 0 radical (unpaired) electrons. The van der Waals surface area contributed by atoms with Crippen molar-refractivity contribution in [1.82, 2.24) is 20.0 Å². The van der Waals surface area contributed by atoms with Gasteiger partial charge in [0, 0.05) is 24.8 Å². The summed E-state index contributed by atoms with van der Waals surface area (Å²) in [6.07, 6.45) is 3.62. The van der Waals surface area contributed by atoms with Crippen LogP contribution < -0.4 is 5.46 Å². The van der Waals surface area contributed by atoms with E-state index in [-0.39, 0.29) is 11.2 Å². The summed E-state index contributed by atoms with van der Waals surface area (Å²) in [6, 6.07) is 0. The first-order chi connectivity index (χ1) is 9.77. The standard InChI is InChI=1S/C13H19BN4O3/c1-9-16-17-11(19-9)8-18-7-10(6-15-18)14-20-12(2,3)13(4,5)21-14/h6-7H,8H2,1-5H3. The van der Waals surface area contributed by atoms with Crippen molar-refractivity contribution in [1.29, 1.82) is 0 Å². The minimum atomic E-state index is -0.409. The van der Waals surface area contributed by atoms with Gasteiger partial charge in [-0.15, -0.1) is 10.2 Å². The van der Waals surface area contributed by atoms with Crippen LogP contribution in [0, 0.1) is 6.92 Å². The topological polar surface area (TPSA) is 75.2 Å². The zero-order chi connectivity index (χ0) is 15.3. The highest BCUT2D eigenvalue weighted by molar-refractivity contribution is 6.61. The lowest BCUT2D eigenvalue weighted by Crippen LogP contribution is -2.41. The van der Waals surface area contributed by atoms with Gasteiger partial charge in [-0.05, 0) is 27.7 Å². The van der Waals surface area contributed by atoms with Crippen LogP contribution in [-0.2, 0) is 15.9 Å². The zero-order valence-corrected chi connectivity index (χ0v) is 13.0. The Morgan fingerprint density at radius 3 is 2.38 bits per heavy atom. The van der Waals surface area contributed by atoms with Crippen molar-refractivity contribution in [3.05, 3.63) is 24.2 Å². The smallest absolute Gasteiger partial charge is 0.424 e. The Kier molecular flexibility index (Phi) is 3.18. The molecule has 8 heteroatoms. The van der Waals surface area contributed by atoms with Crippen LogP contribution in [0.25, 0.3) is 0 Å². The second-order valence-electron chi connectivity index (χ2n) is 6.27. The molecule has 21 heavy (non-hydrogen) atoms. The summed E-state index contributed by atoms with van der Waals surface area (Å²) in [5.41, 5.74) is 0.164. The Morgan fingerprint density at radius 1 is 1.14 bits per heavy atom. The molecule has 0 aliphatic carbocycles. The normalized spacial score (nSPS) is 20.1. The van der Waals surface area contributed by atoms with Gasteiger partial charge in [0.15, 0.2) is 0 Å². The van der Waals surface area contributed by atoms with Gasteiger partial charge in [0.05, 0.1) is 11.2 Å². The molecular weight excluding hydrogens is 271 g/mol. The third-order valence-corrected chi connectivity index (χ3v) is 4.04. The fourth-order valence-electron chi connectivity index (χ4n) is 2.11. The van der Waals surface area contributed by atoms with Crippen molar-refractivity contribution >= 4 is 12.6 Å². The second-order valence-corrected chi connectivity index (χ2v) is 6.27. The molecular formula is C13H19BN4O3. The monoisotopic (exact) mass is 290 g/mol. The van der Waals surface area contributed by atoms with Crippen molar-refractivity contribution in [2.45, 2.75) is 52.4 Å². The van der Waals surface area contributed by atoms with Gasteiger partial charge in [-0.3, -0.25) is 4.68 Å². The maximum atomic E-state index is 5.99. The zero-order valence-electron chi connectivity index (χ0n) is 13.0. The highest BCUT2D eigenvalue weighted by Crippen LogP contribution is 2.36. The largest absolute Gasteiger partial charge is 0.498 e. The number of hydrogen-bond donors (Lipinski definition) is 0. The highest BCUT2D eigenvalue weighted by atomic mass is 16.7. The summed E-state index contributed by atoms with van der Waals surface area (Å²) in [7, 11) is -0.409. The molecule has 2 aromatic rings. The molecule has 0 unspecified atom stereocenters. The minimum absolute atomic E-state index is 0.358. The average Bonchev–Trinajstić information content (AvgIpc) is 3.01. The lowest BCUT2D eigenvalue weighted by molar-refractivity contribution is 0.00578. The summed E-state index contributed by atoms with van der Waals surface area (Å²) in [6.45, 7) is 10.3. The Morgan fingerprint density at radius 2 is 1.81 bits per heavy atom. The Hall–Kier alpha value is -1.67. The average molecular weight is 290 g/mol.